The summed E-state index contributed by atoms with van der Waals surface area (Å²) in [7, 11) is 0. The Kier molecular flexibility index (Phi) is 6.25. The predicted octanol–water partition coefficient (Wildman–Crippen LogP) is 1.65. The highest BCUT2D eigenvalue weighted by atomic mass is 35.5. The van der Waals surface area contributed by atoms with Crippen LogP contribution in [0, 0.1) is 0 Å². The molecule has 0 radical (unpaired) electrons. The molecular formula is C11H20ClNO2. The van der Waals surface area contributed by atoms with Crippen LogP contribution in [0.2, 0.25) is 0 Å². The van der Waals surface area contributed by atoms with Gasteiger partial charge in [0.25, 0.3) is 0 Å². The van der Waals surface area contributed by atoms with Crippen molar-refractivity contribution in [2.24, 2.45) is 0 Å². The van der Waals surface area contributed by atoms with E-state index in [1.54, 1.807) is 0 Å². The molecule has 88 valence electrons. The van der Waals surface area contributed by atoms with Crippen molar-refractivity contribution in [3.63, 3.8) is 0 Å². The van der Waals surface area contributed by atoms with Crippen molar-refractivity contribution in [2.45, 2.75) is 37.9 Å². The van der Waals surface area contributed by atoms with Crippen molar-refractivity contribution in [1.29, 1.82) is 0 Å². The normalized spacial score (nSPS) is 19.3. The van der Waals surface area contributed by atoms with E-state index in [1.165, 1.54) is 12.8 Å². The minimum absolute atomic E-state index is 0.364. The Bertz CT molecular complexity index is 193. The maximum absolute atomic E-state index is 9.56. The molecule has 1 aliphatic carbocycles. The van der Waals surface area contributed by atoms with Crippen LogP contribution < -0.4 is 5.32 Å². The van der Waals surface area contributed by atoms with E-state index in [0.717, 1.165) is 12.8 Å². The lowest BCUT2D eigenvalue weighted by Gasteiger charge is -2.15. The van der Waals surface area contributed by atoms with Gasteiger partial charge in [0.05, 0.1) is 18.8 Å². The summed E-state index contributed by atoms with van der Waals surface area (Å²) in [4.78, 5) is 0. The first-order valence-corrected chi connectivity index (χ1v) is 5.90. The number of halogens is 1. The van der Waals surface area contributed by atoms with E-state index >= 15 is 0 Å². The summed E-state index contributed by atoms with van der Waals surface area (Å²) >= 11 is 5.57. The van der Waals surface area contributed by atoms with E-state index in [0.29, 0.717) is 30.8 Å². The van der Waals surface area contributed by atoms with Gasteiger partial charge in [0.1, 0.15) is 0 Å². The topological polar surface area (TPSA) is 41.5 Å². The molecule has 0 bridgehead atoms. The lowest BCUT2D eigenvalue weighted by atomic mass is 10.3. The molecule has 1 saturated carbocycles. The van der Waals surface area contributed by atoms with Crippen LogP contribution in [-0.4, -0.2) is 37.0 Å². The molecule has 0 aromatic rings. The zero-order chi connectivity index (χ0) is 11.1. The molecular weight excluding hydrogens is 214 g/mol. The van der Waals surface area contributed by atoms with E-state index in [-0.39, 0.29) is 0 Å². The Balaban J connectivity index is 1.97. The molecule has 0 aromatic heterocycles. The average Bonchev–Trinajstić information content (AvgIpc) is 2.66. The van der Waals surface area contributed by atoms with Gasteiger partial charge in [0, 0.05) is 18.1 Å². The molecule has 1 rings (SSSR count). The number of nitrogens with one attached hydrogen (secondary N) is 1. The van der Waals surface area contributed by atoms with Crippen LogP contribution in [0.25, 0.3) is 0 Å². The maximum Gasteiger partial charge on any atom is 0.0897 e. The van der Waals surface area contributed by atoms with Gasteiger partial charge >= 0.3 is 0 Å². The highest BCUT2D eigenvalue weighted by Gasteiger charge is 2.16. The second-order valence-electron chi connectivity index (χ2n) is 4.04. The molecule has 0 saturated heterocycles. The smallest absolute Gasteiger partial charge is 0.0897 e. The van der Waals surface area contributed by atoms with Crippen molar-refractivity contribution in [3.8, 4) is 0 Å². The summed E-state index contributed by atoms with van der Waals surface area (Å²) < 4.78 is 5.58. The minimum Gasteiger partial charge on any atom is -0.389 e. The van der Waals surface area contributed by atoms with Gasteiger partial charge in [0.2, 0.25) is 0 Å². The maximum atomic E-state index is 9.56. The Morgan fingerprint density at radius 1 is 1.53 bits per heavy atom. The zero-order valence-electron chi connectivity index (χ0n) is 9.04. The molecule has 1 aliphatic rings. The van der Waals surface area contributed by atoms with Gasteiger partial charge in [-0.25, -0.2) is 0 Å². The lowest BCUT2D eigenvalue weighted by Crippen LogP contribution is -2.32. The number of ether oxygens (including phenoxy) is 1. The Labute approximate surface area is 96.5 Å². The van der Waals surface area contributed by atoms with Crippen LogP contribution in [0.5, 0.6) is 0 Å². The number of rotatable bonds is 7. The van der Waals surface area contributed by atoms with Gasteiger partial charge < -0.3 is 15.2 Å². The van der Waals surface area contributed by atoms with Crippen molar-refractivity contribution in [2.75, 3.05) is 19.7 Å². The molecule has 3 nitrogen and oxygen atoms in total. The second kappa shape index (κ2) is 7.23. The molecule has 1 unspecified atom stereocenters. The quantitative estimate of drug-likeness (QED) is 0.703. The van der Waals surface area contributed by atoms with Gasteiger partial charge in [-0.15, -0.1) is 0 Å². The van der Waals surface area contributed by atoms with Crippen LogP contribution >= 0.6 is 11.6 Å². The first-order chi connectivity index (χ1) is 7.18. The third kappa shape index (κ3) is 6.15. The second-order valence-corrected chi connectivity index (χ2v) is 4.58. The van der Waals surface area contributed by atoms with Gasteiger partial charge in [-0.1, -0.05) is 31.0 Å². The van der Waals surface area contributed by atoms with Crippen LogP contribution in [0.4, 0.5) is 0 Å². The summed E-state index contributed by atoms with van der Waals surface area (Å²) in [5, 5.41) is 13.1. The summed E-state index contributed by atoms with van der Waals surface area (Å²) in [6.45, 7) is 4.99. The van der Waals surface area contributed by atoms with E-state index in [2.05, 4.69) is 11.9 Å². The molecule has 1 atom stereocenters. The molecule has 4 heteroatoms. The zero-order valence-corrected chi connectivity index (χ0v) is 9.80. The summed E-state index contributed by atoms with van der Waals surface area (Å²) in [6.07, 6.45) is 4.69. The van der Waals surface area contributed by atoms with E-state index in [1.807, 2.05) is 0 Å². The molecule has 1 fully saturated rings. The minimum atomic E-state index is -0.457. The summed E-state index contributed by atoms with van der Waals surface area (Å²) in [6, 6.07) is 0. The van der Waals surface area contributed by atoms with Crippen LogP contribution in [-0.2, 0) is 4.74 Å². The van der Waals surface area contributed by atoms with Crippen LogP contribution in [0.3, 0.4) is 0 Å². The van der Waals surface area contributed by atoms with Gasteiger partial charge in [0.15, 0.2) is 0 Å². The van der Waals surface area contributed by atoms with E-state index < -0.39 is 6.10 Å². The molecule has 0 heterocycles. The average molecular weight is 234 g/mol. The number of aliphatic hydroxyl groups is 1. The van der Waals surface area contributed by atoms with Crippen LogP contribution in [0.15, 0.2) is 11.6 Å². The third-order valence-electron chi connectivity index (χ3n) is 2.52. The first kappa shape index (κ1) is 13.0. The fourth-order valence-electron chi connectivity index (χ4n) is 1.74. The highest BCUT2D eigenvalue weighted by molar-refractivity contribution is 6.29. The SMILES string of the molecule is C=C(Cl)CNCC(O)COC1CCCC1. The van der Waals surface area contributed by atoms with Crippen molar-refractivity contribution in [1.82, 2.24) is 5.32 Å². The third-order valence-corrected chi connectivity index (χ3v) is 2.66. The fourth-order valence-corrected chi connectivity index (χ4v) is 1.83. The van der Waals surface area contributed by atoms with Gasteiger partial charge in [-0.2, -0.15) is 0 Å². The lowest BCUT2D eigenvalue weighted by molar-refractivity contribution is -0.00511. The predicted molar refractivity (Wildman–Crippen MR) is 62.1 cm³/mol. The largest absolute Gasteiger partial charge is 0.389 e. The van der Waals surface area contributed by atoms with Crippen molar-refractivity contribution < 1.29 is 9.84 Å². The Hall–Kier alpha value is -0.0900. The molecule has 15 heavy (non-hydrogen) atoms. The first-order valence-electron chi connectivity index (χ1n) is 5.52. The van der Waals surface area contributed by atoms with Crippen molar-refractivity contribution in [3.05, 3.63) is 11.6 Å². The standard InChI is InChI=1S/C11H20ClNO2/c1-9(12)6-13-7-10(14)8-15-11-4-2-3-5-11/h10-11,13-14H,1-8H2. The molecule has 0 spiro atoms. The van der Waals surface area contributed by atoms with E-state index in [9.17, 15) is 5.11 Å². The number of aliphatic hydroxyl groups excluding tert-OH is 1. The Morgan fingerprint density at radius 2 is 2.20 bits per heavy atom. The summed E-state index contributed by atoms with van der Waals surface area (Å²) in [5.74, 6) is 0. The molecule has 0 aliphatic heterocycles. The molecule has 0 aromatic carbocycles. The monoisotopic (exact) mass is 233 g/mol. The number of hydrogen-bond acceptors (Lipinski definition) is 3. The van der Waals surface area contributed by atoms with Gasteiger partial charge in [-0.3, -0.25) is 0 Å². The van der Waals surface area contributed by atoms with Crippen molar-refractivity contribution >= 4 is 11.6 Å². The van der Waals surface area contributed by atoms with E-state index in [4.69, 9.17) is 16.3 Å². The Morgan fingerprint density at radius 3 is 2.80 bits per heavy atom. The van der Waals surface area contributed by atoms with Gasteiger partial charge in [-0.05, 0) is 12.8 Å². The molecule has 2 N–H and O–H groups in total. The highest BCUT2D eigenvalue weighted by Crippen LogP contribution is 2.20. The van der Waals surface area contributed by atoms with Crippen LogP contribution in [0.1, 0.15) is 25.7 Å². The molecule has 0 amide bonds. The number of hydrogen-bond donors (Lipinski definition) is 2. The fraction of sp³-hybridized carbons (Fsp3) is 0.818. The summed E-state index contributed by atoms with van der Waals surface area (Å²) in [5.41, 5.74) is 0.